The molecule has 184 valence electrons. The Morgan fingerprint density at radius 3 is 1.85 bits per heavy atom. The zero-order valence-electron chi connectivity index (χ0n) is 20.7. The summed E-state index contributed by atoms with van der Waals surface area (Å²) in [5, 5.41) is 0. The fourth-order valence-corrected chi connectivity index (χ4v) is 4.33. The van der Waals surface area contributed by atoms with E-state index in [1.165, 1.54) is 37.8 Å². The number of rotatable bonds is 16. The van der Waals surface area contributed by atoms with Crippen LogP contribution in [0.25, 0.3) is 11.1 Å². The van der Waals surface area contributed by atoms with Gasteiger partial charge in [-0.2, -0.15) is 0 Å². The van der Waals surface area contributed by atoms with E-state index in [0.717, 1.165) is 30.9 Å². The van der Waals surface area contributed by atoms with E-state index < -0.39 is 17.6 Å². The van der Waals surface area contributed by atoms with Gasteiger partial charge in [-0.05, 0) is 50.5 Å². The summed E-state index contributed by atoms with van der Waals surface area (Å²) >= 11 is 0. The molecule has 0 saturated heterocycles. The number of ether oxygens (including phenoxy) is 3. The molecule has 0 fully saturated rings. The molecule has 3 nitrogen and oxygen atoms in total. The number of hydrogen-bond donors (Lipinski definition) is 0. The molecule has 0 aliphatic heterocycles. The minimum absolute atomic E-state index is 0.129. The van der Waals surface area contributed by atoms with Crippen LogP contribution in [0.2, 0.25) is 0 Å². The van der Waals surface area contributed by atoms with Crippen molar-refractivity contribution in [2.75, 3.05) is 19.8 Å². The summed E-state index contributed by atoms with van der Waals surface area (Å²) in [5.74, 6) is -2.44. The van der Waals surface area contributed by atoms with E-state index in [9.17, 15) is 8.78 Å². The molecule has 0 aliphatic carbocycles. The Morgan fingerprint density at radius 1 is 0.727 bits per heavy atom. The normalized spacial score (nSPS) is 12.8. The number of unbranched alkanes of at least 4 members (excludes halogenated alkanes) is 5. The topological polar surface area (TPSA) is 27.7 Å². The summed E-state index contributed by atoms with van der Waals surface area (Å²) in [5.41, 5.74) is 2.09. The van der Waals surface area contributed by atoms with Crippen LogP contribution in [0.4, 0.5) is 8.78 Å². The Kier molecular flexibility index (Phi) is 12.0. The molecular formula is C28H40F2O3. The second kappa shape index (κ2) is 14.4. The average Bonchev–Trinajstić information content (AvgIpc) is 2.79. The molecule has 5 heteroatoms. The predicted octanol–water partition coefficient (Wildman–Crippen LogP) is 8.23. The van der Waals surface area contributed by atoms with Crippen molar-refractivity contribution in [1.29, 1.82) is 0 Å². The van der Waals surface area contributed by atoms with Crippen LogP contribution >= 0.6 is 0 Å². The van der Waals surface area contributed by atoms with Crippen molar-refractivity contribution in [2.24, 2.45) is 0 Å². The molecule has 1 unspecified atom stereocenters. The third kappa shape index (κ3) is 7.87. The van der Waals surface area contributed by atoms with E-state index in [4.69, 9.17) is 14.2 Å². The van der Waals surface area contributed by atoms with Gasteiger partial charge in [0, 0.05) is 31.5 Å². The average molecular weight is 463 g/mol. The Bertz CT molecular complexity index is 790. The van der Waals surface area contributed by atoms with E-state index >= 15 is 0 Å². The third-order valence-corrected chi connectivity index (χ3v) is 5.86. The summed E-state index contributed by atoms with van der Waals surface area (Å²) < 4.78 is 46.0. The Morgan fingerprint density at radius 2 is 1.30 bits per heavy atom. The van der Waals surface area contributed by atoms with Crippen molar-refractivity contribution >= 4 is 0 Å². The van der Waals surface area contributed by atoms with Crippen molar-refractivity contribution in [1.82, 2.24) is 0 Å². The molecule has 33 heavy (non-hydrogen) atoms. The van der Waals surface area contributed by atoms with Gasteiger partial charge in [0.1, 0.15) is 11.6 Å². The standard InChI is InChI=1S/C28H40F2O3/c1-5-9-10-11-12-13-14-26(28(31-6-2,32-7-3)33-8-4)23-17-15-22(16-18-23)25-20-19-24(29)21-27(25)30/h15-21,26H,5-14H2,1-4H3. The zero-order chi connectivity index (χ0) is 24.1. The maximum atomic E-state index is 14.3. The fourth-order valence-electron chi connectivity index (χ4n) is 4.33. The van der Waals surface area contributed by atoms with Gasteiger partial charge in [0.2, 0.25) is 0 Å². The lowest BCUT2D eigenvalue weighted by Crippen LogP contribution is -2.45. The summed E-state index contributed by atoms with van der Waals surface area (Å²) in [7, 11) is 0. The minimum atomic E-state index is -1.16. The predicted molar refractivity (Wildman–Crippen MR) is 130 cm³/mol. The first-order valence-corrected chi connectivity index (χ1v) is 12.5. The Labute approximate surface area is 198 Å². The van der Waals surface area contributed by atoms with Gasteiger partial charge >= 0.3 is 0 Å². The maximum Gasteiger partial charge on any atom is 0.290 e. The molecule has 0 aromatic heterocycles. The first kappa shape index (κ1) is 27.4. The summed E-state index contributed by atoms with van der Waals surface area (Å²) in [4.78, 5) is 0. The molecular weight excluding hydrogens is 422 g/mol. The molecule has 2 rings (SSSR count). The van der Waals surface area contributed by atoms with Crippen molar-refractivity contribution in [3.05, 3.63) is 59.7 Å². The first-order valence-electron chi connectivity index (χ1n) is 12.5. The molecule has 0 saturated carbocycles. The van der Waals surface area contributed by atoms with E-state index in [2.05, 4.69) is 6.92 Å². The highest BCUT2D eigenvalue weighted by Gasteiger charge is 2.42. The highest BCUT2D eigenvalue weighted by Crippen LogP contribution is 2.39. The van der Waals surface area contributed by atoms with Gasteiger partial charge < -0.3 is 14.2 Å². The van der Waals surface area contributed by atoms with E-state index in [1.54, 1.807) is 0 Å². The molecule has 0 radical (unpaired) electrons. The van der Waals surface area contributed by atoms with Crippen LogP contribution in [0, 0.1) is 11.6 Å². The molecule has 0 N–H and O–H groups in total. The van der Waals surface area contributed by atoms with E-state index in [-0.39, 0.29) is 5.92 Å². The van der Waals surface area contributed by atoms with Crippen molar-refractivity contribution < 1.29 is 23.0 Å². The van der Waals surface area contributed by atoms with Crippen LogP contribution in [-0.4, -0.2) is 25.8 Å². The second-order valence-electron chi connectivity index (χ2n) is 8.26. The SMILES string of the molecule is CCCCCCCCC(c1ccc(-c2ccc(F)cc2F)cc1)C(OCC)(OCC)OCC. The summed E-state index contributed by atoms with van der Waals surface area (Å²) in [6.45, 7) is 9.43. The number of halogens is 2. The van der Waals surface area contributed by atoms with Crippen LogP contribution in [0.15, 0.2) is 42.5 Å². The monoisotopic (exact) mass is 462 g/mol. The molecule has 0 amide bonds. The second-order valence-corrected chi connectivity index (χ2v) is 8.26. The summed E-state index contributed by atoms with van der Waals surface area (Å²) in [6.07, 6.45) is 8.02. The van der Waals surface area contributed by atoms with E-state index in [0.29, 0.717) is 30.9 Å². The molecule has 2 aromatic carbocycles. The first-order chi connectivity index (χ1) is 16.0. The van der Waals surface area contributed by atoms with Crippen LogP contribution in [-0.2, 0) is 14.2 Å². The van der Waals surface area contributed by atoms with Gasteiger partial charge in [-0.15, -0.1) is 0 Å². The number of benzene rings is 2. The van der Waals surface area contributed by atoms with Gasteiger partial charge in [0.05, 0.1) is 5.92 Å². The van der Waals surface area contributed by atoms with Gasteiger partial charge in [0.15, 0.2) is 0 Å². The highest BCUT2D eigenvalue weighted by atomic mass is 19.1. The van der Waals surface area contributed by atoms with Crippen LogP contribution in [0.1, 0.15) is 84.1 Å². The van der Waals surface area contributed by atoms with Gasteiger partial charge in [-0.1, -0.05) is 69.7 Å². The largest absolute Gasteiger partial charge is 0.327 e. The molecule has 0 heterocycles. The quantitative estimate of drug-likeness (QED) is 0.186. The summed E-state index contributed by atoms with van der Waals surface area (Å²) in [6, 6.07) is 11.4. The smallest absolute Gasteiger partial charge is 0.290 e. The Hall–Kier alpha value is -1.82. The molecule has 0 aliphatic rings. The zero-order valence-corrected chi connectivity index (χ0v) is 20.7. The van der Waals surface area contributed by atoms with Gasteiger partial charge in [0.25, 0.3) is 5.97 Å². The maximum absolute atomic E-state index is 14.3. The van der Waals surface area contributed by atoms with Gasteiger partial charge in [-0.25, -0.2) is 8.78 Å². The molecule has 0 spiro atoms. The van der Waals surface area contributed by atoms with Crippen LogP contribution in [0.5, 0.6) is 0 Å². The van der Waals surface area contributed by atoms with Crippen molar-refractivity contribution in [2.45, 2.75) is 84.5 Å². The fraction of sp³-hybridized carbons (Fsp3) is 0.571. The lowest BCUT2D eigenvalue weighted by molar-refractivity contribution is -0.389. The van der Waals surface area contributed by atoms with Crippen LogP contribution in [0.3, 0.4) is 0 Å². The lowest BCUT2D eigenvalue weighted by atomic mass is 9.89. The number of hydrogen-bond acceptors (Lipinski definition) is 3. The molecule has 0 bridgehead atoms. The van der Waals surface area contributed by atoms with E-state index in [1.807, 2.05) is 45.0 Å². The van der Waals surface area contributed by atoms with Gasteiger partial charge in [-0.3, -0.25) is 0 Å². The van der Waals surface area contributed by atoms with Crippen molar-refractivity contribution in [3.8, 4) is 11.1 Å². The van der Waals surface area contributed by atoms with Crippen LogP contribution < -0.4 is 0 Å². The Balaban J connectivity index is 2.32. The minimum Gasteiger partial charge on any atom is -0.327 e. The highest BCUT2D eigenvalue weighted by molar-refractivity contribution is 5.64. The molecule has 1 atom stereocenters. The molecule has 2 aromatic rings. The van der Waals surface area contributed by atoms with Crippen molar-refractivity contribution in [3.63, 3.8) is 0 Å². The lowest BCUT2D eigenvalue weighted by Gasteiger charge is -2.39. The third-order valence-electron chi connectivity index (χ3n) is 5.86.